The Labute approximate surface area is 122 Å². The van der Waals surface area contributed by atoms with E-state index in [0.717, 1.165) is 6.20 Å². The van der Waals surface area contributed by atoms with Gasteiger partial charge in [-0.25, -0.2) is 9.37 Å². The number of rotatable bonds is 6. The molecule has 112 valence electrons. The van der Waals surface area contributed by atoms with Crippen molar-refractivity contribution in [3.05, 3.63) is 30.2 Å². The second kappa shape index (κ2) is 6.74. The van der Waals surface area contributed by atoms with Crippen molar-refractivity contribution >= 4 is 17.5 Å². The summed E-state index contributed by atoms with van der Waals surface area (Å²) in [5.74, 6) is 1.09. The van der Waals surface area contributed by atoms with Crippen molar-refractivity contribution in [2.24, 2.45) is 0 Å². The maximum Gasteiger partial charge on any atom is 0.224 e. The van der Waals surface area contributed by atoms with Crippen molar-refractivity contribution in [2.75, 3.05) is 31.4 Å². The topological polar surface area (TPSA) is 68.3 Å². The van der Waals surface area contributed by atoms with Crippen molar-refractivity contribution in [3.8, 4) is 11.5 Å². The molecule has 6 nitrogen and oxygen atoms in total. The molecule has 0 aliphatic carbocycles. The molecule has 0 radical (unpaired) electrons. The summed E-state index contributed by atoms with van der Waals surface area (Å²) in [6.45, 7) is 2.56. The van der Waals surface area contributed by atoms with E-state index in [0.29, 0.717) is 29.7 Å². The van der Waals surface area contributed by atoms with Crippen LogP contribution in [0.4, 0.5) is 21.8 Å². The smallest absolute Gasteiger partial charge is 0.224 e. The molecule has 2 rings (SSSR count). The summed E-state index contributed by atoms with van der Waals surface area (Å²) in [5.41, 5.74) is 0.603. The van der Waals surface area contributed by atoms with E-state index in [9.17, 15) is 4.39 Å². The minimum Gasteiger partial charge on any atom is -0.497 e. The number of methoxy groups -OCH3 is 2. The van der Waals surface area contributed by atoms with Crippen LogP contribution in [-0.2, 0) is 0 Å². The molecule has 0 spiro atoms. The molecule has 1 aromatic heterocycles. The molecule has 0 aliphatic heterocycles. The first-order valence-corrected chi connectivity index (χ1v) is 6.42. The van der Waals surface area contributed by atoms with Crippen LogP contribution < -0.4 is 20.1 Å². The third-order valence-corrected chi connectivity index (χ3v) is 2.69. The van der Waals surface area contributed by atoms with Crippen LogP contribution in [0.25, 0.3) is 0 Å². The summed E-state index contributed by atoms with van der Waals surface area (Å²) in [5, 5.41) is 5.82. The largest absolute Gasteiger partial charge is 0.497 e. The molecule has 2 aromatic rings. The lowest BCUT2D eigenvalue weighted by molar-refractivity contribution is 0.395. The Bertz CT molecular complexity index is 600. The normalized spacial score (nSPS) is 10.1. The van der Waals surface area contributed by atoms with Gasteiger partial charge in [-0.05, 0) is 6.92 Å². The molecular formula is C14H17FN4O2. The van der Waals surface area contributed by atoms with Crippen LogP contribution in [0.5, 0.6) is 11.5 Å². The minimum atomic E-state index is -0.543. The summed E-state index contributed by atoms with van der Waals surface area (Å²) >= 11 is 0. The van der Waals surface area contributed by atoms with Crippen LogP contribution in [0.3, 0.4) is 0 Å². The van der Waals surface area contributed by atoms with Crippen molar-refractivity contribution in [2.45, 2.75) is 6.92 Å². The van der Waals surface area contributed by atoms with Gasteiger partial charge in [0.05, 0.1) is 20.4 Å². The zero-order chi connectivity index (χ0) is 15.2. The molecule has 0 bridgehead atoms. The maximum absolute atomic E-state index is 13.8. The first-order valence-electron chi connectivity index (χ1n) is 6.42. The van der Waals surface area contributed by atoms with Gasteiger partial charge >= 0.3 is 0 Å². The third kappa shape index (κ3) is 3.71. The van der Waals surface area contributed by atoms with E-state index >= 15 is 0 Å². The predicted molar refractivity (Wildman–Crippen MR) is 79.0 cm³/mol. The second-order valence-corrected chi connectivity index (χ2v) is 4.15. The molecule has 0 saturated heterocycles. The maximum atomic E-state index is 13.8. The lowest BCUT2D eigenvalue weighted by Crippen LogP contribution is -2.06. The molecule has 0 amide bonds. The number of aromatic nitrogens is 2. The zero-order valence-electron chi connectivity index (χ0n) is 12.1. The van der Waals surface area contributed by atoms with E-state index in [4.69, 9.17) is 9.47 Å². The van der Waals surface area contributed by atoms with Gasteiger partial charge in [-0.3, -0.25) is 0 Å². The summed E-state index contributed by atoms with van der Waals surface area (Å²) in [6.07, 6.45) is 1.12. The number of hydrogen-bond acceptors (Lipinski definition) is 6. The standard InChI is InChI=1S/C14H17FN4O2/c1-4-16-14-17-8-12(15)13(19-14)18-9-5-10(20-2)7-11(6-9)21-3/h5-8H,4H2,1-3H3,(H2,16,17,18,19). The summed E-state index contributed by atoms with van der Waals surface area (Å²) < 4.78 is 24.1. The van der Waals surface area contributed by atoms with Crippen molar-refractivity contribution in [1.82, 2.24) is 9.97 Å². The van der Waals surface area contributed by atoms with Gasteiger partial charge in [-0.2, -0.15) is 4.98 Å². The van der Waals surface area contributed by atoms with E-state index in [1.165, 1.54) is 0 Å². The number of nitrogens with one attached hydrogen (secondary N) is 2. The van der Waals surface area contributed by atoms with Crippen molar-refractivity contribution < 1.29 is 13.9 Å². The number of nitrogens with zero attached hydrogens (tertiary/aromatic N) is 2. The lowest BCUT2D eigenvalue weighted by Gasteiger charge is -2.11. The van der Waals surface area contributed by atoms with Crippen LogP contribution in [0.2, 0.25) is 0 Å². The van der Waals surface area contributed by atoms with Gasteiger partial charge in [-0.15, -0.1) is 0 Å². The fraction of sp³-hybridized carbons (Fsp3) is 0.286. The summed E-state index contributed by atoms with van der Waals surface area (Å²) in [4.78, 5) is 7.93. The number of ether oxygens (including phenoxy) is 2. The summed E-state index contributed by atoms with van der Waals surface area (Å²) in [6, 6.07) is 5.17. The Morgan fingerprint density at radius 1 is 1.14 bits per heavy atom. The van der Waals surface area contributed by atoms with E-state index < -0.39 is 5.82 Å². The van der Waals surface area contributed by atoms with Gasteiger partial charge in [0.2, 0.25) is 5.95 Å². The molecule has 0 unspecified atom stereocenters. The number of anilines is 3. The molecule has 21 heavy (non-hydrogen) atoms. The van der Waals surface area contributed by atoms with E-state index in [-0.39, 0.29) is 5.82 Å². The Balaban J connectivity index is 2.30. The Kier molecular flexibility index (Phi) is 4.76. The molecule has 0 fully saturated rings. The van der Waals surface area contributed by atoms with Crippen LogP contribution in [-0.4, -0.2) is 30.7 Å². The van der Waals surface area contributed by atoms with Crippen LogP contribution in [0.15, 0.2) is 24.4 Å². The zero-order valence-corrected chi connectivity index (χ0v) is 12.1. The highest BCUT2D eigenvalue weighted by Gasteiger charge is 2.09. The monoisotopic (exact) mass is 292 g/mol. The molecule has 0 saturated carbocycles. The fourth-order valence-corrected chi connectivity index (χ4v) is 1.71. The molecule has 0 aliphatic rings. The molecule has 1 aromatic carbocycles. The Morgan fingerprint density at radius 2 is 1.81 bits per heavy atom. The van der Waals surface area contributed by atoms with E-state index in [1.54, 1.807) is 32.4 Å². The van der Waals surface area contributed by atoms with Gasteiger partial charge in [0.1, 0.15) is 11.5 Å². The minimum absolute atomic E-state index is 0.0799. The summed E-state index contributed by atoms with van der Waals surface area (Å²) in [7, 11) is 3.10. The van der Waals surface area contributed by atoms with Gasteiger partial charge in [0.25, 0.3) is 0 Å². The first kappa shape index (κ1) is 14.8. The molecule has 1 heterocycles. The average molecular weight is 292 g/mol. The van der Waals surface area contributed by atoms with Gasteiger partial charge in [0.15, 0.2) is 11.6 Å². The third-order valence-electron chi connectivity index (χ3n) is 2.69. The van der Waals surface area contributed by atoms with E-state index in [2.05, 4.69) is 20.6 Å². The Morgan fingerprint density at radius 3 is 2.38 bits per heavy atom. The van der Waals surface area contributed by atoms with Crippen LogP contribution >= 0.6 is 0 Å². The van der Waals surface area contributed by atoms with Gasteiger partial charge < -0.3 is 20.1 Å². The van der Waals surface area contributed by atoms with Gasteiger partial charge in [0, 0.05) is 30.4 Å². The quantitative estimate of drug-likeness (QED) is 0.853. The van der Waals surface area contributed by atoms with E-state index in [1.807, 2.05) is 6.92 Å². The van der Waals surface area contributed by atoms with Crippen molar-refractivity contribution in [3.63, 3.8) is 0 Å². The number of halogens is 1. The lowest BCUT2D eigenvalue weighted by atomic mass is 10.2. The number of hydrogen-bond donors (Lipinski definition) is 2. The highest BCUT2D eigenvalue weighted by atomic mass is 19.1. The molecule has 2 N–H and O–H groups in total. The second-order valence-electron chi connectivity index (χ2n) is 4.15. The van der Waals surface area contributed by atoms with Gasteiger partial charge in [-0.1, -0.05) is 0 Å². The van der Waals surface area contributed by atoms with Crippen molar-refractivity contribution in [1.29, 1.82) is 0 Å². The van der Waals surface area contributed by atoms with Crippen LogP contribution in [0.1, 0.15) is 6.92 Å². The Hall–Kier alpha value is -2.57. The molecule has 0 atom stereocenters. The highest BCUT2D eigenvalue weighted by molar-refractivity contribution is 5.62. The van der Waals surface area contributed by atoms with Crippen LogP contribution in [0, 0.1) is 5.82 Å². The SMILES string of the molecule is CCNc1ncc(F)c(Nc2cc(OC)cc(OC)c2)n1. The first-order chi connectivity index (χ1) is 10.2. The molecular weight excluding hydrogens is 275 g/mol. The molecule has 7 heteroatoms. The highest BCUT2D eigenvalue weighted by Crippen LogP contribution is 2.28. The predicted octanol–water partition coefficient (Wildman–Crippen LogP) is 2.81. The number of benzene rings is 1. The fourth-order valence-electron chi connectivity index (χ4n) is 1.71. The average Bonchev–Trinajstić information content (AvgIpc) is 2.50.